The third-order valence-electron chi connectivity index (χ3n) is 3.43. The highest BCUT2D eigenvalue weighted by Crippen LogP contribution is 2.10. The minimum atomic E-state index is -1.01. The van der Waals surface area contributed by atoms with E-state index in [1.54, 1.807) is 12.1 Å². The van der Waals surface area contributed by atoms with E-state index in [4.69, 9.17) is 5.11 Å². The summed E-state index contributed by atoms with van der Waals surface area (Å²) in [4.78, 5) is 46.3. The lowest BCUT2D eigenvalue weighted by Gasteiger charge is -2.14. The Morgan fingerprint density at radius 1 is 1.04 bits per heavy atom. The van der Waals surface area contributed by atoms with Gasteiger partial charge in [-0.25, -0.2) is 9.59 Å². The van der Waals surface area contributed by atoms with E-state index in [0.29, 0.717) is 0 Å². The number of rotatable bonds is 6. The van der Waals surface area contributed by atoms with Crippen molar-refractivity contribution in [2.24, 2.45) is 0 Å². The summed E-state index contributed by atoms with van der Waals surface area (Å²) in [5.41, 5.74) is 0.938. The van der Waals surface area contributed by atoms with Gasteiger partial charge in [0.25, 0.3) is 0 Å². The Hall–Kier alpha value is -2.90. The average molecular weight is 319 g/mol. The van der Waals surface area contributed by atoms with Crippen molar-refractivity contribution in [3.63, 3.8) is 0 Å². The topological polar surface area (TPSA) is 116 Å². The highest BCUT2D eigenvalue weighted by molar-refractivity contribution is 6.01. The maximum atomic E-state index is 11.6. The SMILES string of the molecule is O=C(NCCN1C(=O)CCC1=O)NCc1ccc(C(=O)O)cc1. The molecule has 8 nitrogen and oxygen atoms in total. The van der Waals surface area contributed by atoms with Crippen LogP contribution in [0.25, 0.3) is 0 Å². The number of imide groups is 1. The van der Waals surface area contributed by atoms with E-state index in [1.165, 1.54) is 12.1 Å². The molecule has 1 aromatic carbocycles. The summed E-state index contributed by atoms with van der Waals surface area (Å²) < 4.78 is 0. The molecule has 0 radical (unpaired) electrons. The Kier molecular flexibility index (Phi) is 5.29. The van der Waals surface area contributed by atoms with E-state index < -0.39 is 12.0 Å². The number of carbonyl (C=O) groups is 4. The van der Waals surface area contributed by atoms with Gasteiger partial charge in [0.05, 0.1) is 5.56 Å². The van der Waals surface area contributed by atoms with Crippen LogP contribution in [0.5, 0.6) is 0 Å². The van der Waals surface area contributed by atoms with Gasteiger partial charge in [0.1, 0.15) is 0 Å². The fourth-order valence-corrected chi connectivity index (χ4v) is 2.16. The molecular weight excluding hydrogens is 302 g/mol. The molecule has 1 aliphatic heterocycles. The van der Waals surface area contributed by atoms with Crippen LogP contribution in [0.3, 0.4) is 0 Å². The van der Waals surface area contributed by atoms with Gasteiger partial charge in [0.15, 0.2) is 0 Å². The Morgan fingerprint density at radius 3 is 2.22 bits per heavy atom. The number of nitrogens with one attached hydrogen (secondary N) is 2. The summed E-state index contributed by atoms with van der Waals surface area (Å²) in [7, 11) is 0. The third-order valence-corrected chi connectivity index (χ3v) is 3.43. The number of carboxylic acid groups (broad SMARTS) is 1. The van der Waals surface area contributed by atoms with Crippen LogP contribution in [0.2, 0.25) is 0 Å². The maximum absolute atomic E-state index is 11.6. The first-order valence-electron chi connectivity index (χ1n) is 7.14. The average Bonchev–Trinajstić information content (AvgIpc) is 2.85. The normalized spacial score (nSPS) is 14.0. The van der Waals surface area contributed by atoms with Gasteiger partial charge in [-0.2, -0.15) is 0 Å². The summed E-state index contributed by atoms with van der Waals surface area (Å²) in [6, 6.07) is 5.73. The van der Waals surface area contributed by atoms with Gasteiger partial charge in [-0.05, 0) is 17.7 Å². The first kappa shape index (κ1) is 16.5. The molecule has 122 valence electrons. The van der Waals surface area contributed by atoms with Crippen LogP contribution < -0.4 is 10.6 Å². The lowest BCUT2D eigenvalue weighted by Crippen LogP contribution is -2.41. The predicted molar refractivity (Wildman–Crippen MR) is 79.6 cm³/mol. The molecule has 0 aliphatic carbocycles. The molecule has 0 unspecified atom stereocenters. The van der Waals surface area contributed by atoms with Crippen molar-refractivity contribution >= 4 is 23.8 Å². The monoisotopic (exact) mass is 319 g/mol. The zero-order valence-corrected chi connectivity index (χ0v) is 12.4. The molecule has 1 saturated heterocycles. The molecule has 4 amide bonds. The molecule has 1 aromatic rings. The van der Waals surface area contributed by atoms with Crippen LogP contribution >= 0.6 is 0 Å². The molecular formula is C15H17N3O5. The summed E-state index contributed by atoms with van der Waals surface area (Å²) in [6.45, 7) is 0.590. The van der Waals surface area contributed by atoms with E-state index in [1.807, 2.05) is 0 Å². The van der Waals surface area contributed by atoms with Crippen molar-refractivity contribution in [3.8, 4) is 0 Å². The quantitative estimate of drug-likeness (QED) is 0.654. The van der Waals surface area contributed by atoms with Crippen LogP contribution in [-0.2, 0) is 16.1 Å². The Morgan fingerprint density at radius 2 is 1.65 bits per heavy atom. The number of benzene rings is 1. The second-order valence-electron chi connectivity index (χ2n) is 5.05. The minimum Gasteiger partial charge on any atom is -0.478 e. The zero-order valence-electron chi connectivity index (χ0n) is 12.4. The number of amides is 4. The number of carbonyl (C=O) groups excluding carboxylic acids is 3. The molecule has 2 rings (SSSR count). The number of nitrogens with zero attached hydrogens (tertiary/aromatic N) is 1. The lowest BCUT2D eigenvalue weighted by atomic mass is 10.1. The molecule has 1 aliphatic rings. The van der Waals surface area contributed by atoms with Crippen LogP contribution in [0.4, 0.5) is 4.79 Å². The summed E-state index contributed by atoms with van der Waals surface area (Å²) >= 11 is 0. The zero-order chi connectivity index (χ0) is 16.8. The molecule has 1 fully saturated rings. The van der Waals surface area contributed by atoms with Crippen LogP contribution in [-0.4, -0.2) is 46.9 Å². The molecule has 0 bridgehead atoms. The lowest BCUT2D eigenvalue weighted by molar-refractivity contribution is -0.138. The molecule has 0 aromatic heterocycles. The predicted octanol–water partition coefficient (Wildman–Crippen LogP) is 0.333. The van der Waals surface area contributed by atoms with E-state index in [-0.39, 0.29) is 49.9 Å². The van der Waals surface area contributed by atoms with Crippen molar-refractivity contribution < 1.29 is 24.3 Å². The second kappa shape index (κ2) is 7.39. The fourth-order valence-electron chi connectivity index (χ4n) is 2.16. The van der Waals surface area contributed by atoms with Gasteiger partial charge in [-0.15, -0.1) is 0 Å². The molecule has 0 spiro atoms. The number of hydrogen-bond acceptors (Lipinski definition) is 4. The number of urea groups is 1. The summed E-state index contributed by atoms with van der Waals surface area (Å²) in [6.07, 6.45) is 0.467. The Balaban J connectivity index is 1.69. The van der Waals surface area contributed by atoms with Gasteiger partial charge < -0.3 is 15.7 Å². The summed E-state index contributed by atoms with van der Waals surface area (Å²) in [5, 5.41) is 14.0. The second-order valence-corrected chi connectivity index (χ2v) is 5.05. The number of aromatic carboxylic acids is 1. The van der Waals surface area contributed by atoms with E-state index in [0.717, 1.165) is 10.5 Å². The Bertz CT molecular complexity index is 611. The van der Waals surface area contributed by atoms with E-state index in [2.05, 4.69) is 10.6 Å². The molecule has 0 atom stereocenters. The first-order valence-corrected chi connectivity index (χ1v) is 7.14. The minimum absolute atomic E-state index is 0.165. The standard InChI is InChI=1S/C15H17N3O5/c19-12-5-6-13(20)18(12)8-7-16-15(23)17-9-10-1-3-11(4-2-10)14(21)22/h1-4H,5-9H2,(H,21,22)(H2,16,17,23). The smallest absolute Gasteiger partial charge is 0.335 e. The molecule has 1 heterocycles. The molecule has 3 N–H and O–H groups in total. The van der Waals surface area contributed by atoms with Gasteiger partial charge in [0, 0.05) is 32.5 Å². The molecule has 0 saturated carbocycles. The van der Waals surface area contributed by atoms with Crippen molar-refractivity contribution in [3.05, 3.63) is 35.4 Å². The fraction of sp³-hybridized carbons (Fsp3) is 0.333. The van der Waals surface area contributed by atoms with Gasteiger partial charge in [0.2, 0.25) is 11.8 Å². The Labute approximate surface area is 132 Å². The maximum Gasteiger partial charge on any atom is 0.335 e. The largest absolute Gasteiger partial charge is 0.478 e. The third kappa shape index (κ3) is 4.53. The van der Waals surface area contributed by atoms with Crippen molar-refractivity contribution in [1.82, 2.24) is 15.5 Å². The van der Waals surface area contributed by atoms with Gasteiger partial charge in [-0.3, -0.25) is 14.5 Å². The first-order chi connectivity index (χ1) is 11.0. The highest BCUT2D eigenvalue weighted by Gasteiger charge is 2.28. The van der Waals surface area contributed by atoms with E-state index >= 15 is 0 Å². The van der Waals surface area contributed by atoms with Crippen molar-refractivity contribution in [2.45, 2.75) is 19.4 Å². The summed E-state index contributed by atoms with van der Waals surface area (Å²) in [5.74, 6) is -1.43. The number of carboxylic acids is 1. The number of hydrogen-bond donors (Lipinski definition) is 3. The molecule has 8 heteroatoms. The van der Waals surface area contributed by atoms with E-state index in [9.17, 15) is 19.2 Å². The van der Waals surface area contributed by atoms with Crippen molar-refractivity contribution in [1.29, 1.82) is 0 Å². The van der Waals surface area contributed by atoms with Crippen LogP contribution in [0.1, 0.15) is 28.8 Å². The van der Waals surface area contributed by atoms with Crippen LogP contribution in [0, 0.1) is 0 Å². The van der Waals surface area contributed by atoms with Crippen molar-refractivity contribution in [2.75, 3.05) is 13.1 Å². The number of likely N-dealkylation sites (tertiary alicyclic amines) is 1. The van der Waals surface area contributed by atoms with Gasteiger partial charge >= 0.3 is 12.0 Å². The molecule has 23 heavy (non-hydrogen) atoms. The highest BCUT2D eigenvalue weighted by atomic mass is 16.4. The van der Waals surface area contributed by atoms with Gasteiger partial charge in [-0.1, -0.05) is 12.1 Å². The van der Waals surface area contributed by atoms with Crippen LogP contribution in [0.15, 0.2) is 24.3 Å².